The Hall–Kier alpha value is -1.94. The standard InChI is InChI=1S/C15H17NO3/c1-10-4-5-12-8-13(6-7-14(12)16-10)15(17)19-9-11(2)18-3/h4-8,11H,9H2,1-3H3/t11-/m1/s1. The molecule has 19 heavy (non-hydrogen) atoms. The van der Waals surface area contributed by atoms with E-state index in [-0.39, 0.29) is 18.7 Å². The van der Waals surface area contributed by atoms with Gasteiger partial charge in [-0.25, -0.2) is 4.79 Å². The van der Waals surface area contributed by atoms with Gasteiger partial charge in [-0.2, -0.15) is 0 Å². The lowest BCUT2D eigenvalue weighted by atomic mass is 10.1. The summed E-state index contributed by atoms with van der Waals surface area (Å²) in [5.74, 6) is -0.341. The lowest BCUT2D eigenvalue weighted by Gasteiger charge is -2.10. The summed E-state index contributed by atoms with van der Waals surface area (Å²) in [5, 5.41) is 0.930. The van der Waals surface area contributed by atoms with Gasteiger partial charge in [-0.05, 0) is 38.1 Å². The van der Waals surface area contributed by atoms with Crippen molar-refractivity contribution in [2.75, 3.05) is 13.7 Å². The van der Waals surface area contributed by atoms with Crippen LogP contribution in [-0.4, -0.2) is 30.8 Å². The van der Waals surface area contributed by atoms with Crippen molar-refractivity contribution in [2.45, 2.75) is 20.0 Å². The van der Waals surface area contributed by atoms with E-state index in [0.29, 0.717) is 5.56 Å². The molecule has 2 aromatic rings. The van der Waals surface area contributed by atoms with E-state index in [9.17, 15) is 4.79 Å². The maximum absolute atomic E-state index is 11.9. The highest BCUT2D eigenvalue weighted by Gasteiger charge is 2.10. The topological polar surface area (TPSA) is 48.4 Å². The van der Waals surface area contributed by atoms with Crippen molar-refractivity contribution in [1.29, 1.82) is 0 Å². The summed E-state index contributed by atoms with van der Waals surface area (Å²) in [6.07, 6.45) is -0.103. The number of aromatic nitrogens is 1. The zero-order valence-corrected chi connectivity index (χ0v) is 11.3. The van der Waals surface area contributed by atoms with Crippen LogP contribution in [0.3, 0.4) is 0 Å². The maximum Gasteiger partial charge on any atom is 0.338 e. The fourth-order valence-electron chi connectivity index (χ4n) is 1.70. The molecule has 0 aliphatic rings. The Morgan fingerprint density at radius 1 is 1.32 bits per heavy atom. The highest BCUT2D eigenvalue weighted by atomic mass is 16.6. The number of pyridine rings is 1. The molecule has 0 aliphatic carbocycles. The van der Waals surface area contributed by atoms with E-state index >= 15 is 0 Å². The van der Waals surface area contributed by atoms with Crippen LogP contribution in [0, 0.1) is 6.92 Å². The molecule has 2 rings (SSSR count). The molecule has 1 atom stereocenters. The number of carbonyl (C=O) groups is 1. The van der Waals surface area contributed by atoms with Crippen molar-refractivity contribution in [3.63, 3.8) is 0 Å². The monoisotopic (exact) mass is 259 g/mol. The Labute approximate surface area is 112 Å². The van der Waals surface area contributed by atoms with Gasteiger partial charge >= 0.3 is 5.97 Å². The summed E-state index contributed by atoms with van der Waals surface area (Å²) in [5.41, 5.74) is 2.36. The van der Waals surface area contributed by atoms with Gasteiger partial charge in [0.25, 0.3) is 0 Å². The van der Waals surface area contributed by atoms with Crippen LogP contribution in [0.1, 0.15) is 23.0 Å². The predicted molar refractivity (Wildman–Crippen MR) is 73.2 cm³/mol. The van der Waals surface area contributed by atoms with Crippen LogP contribution in [-0.2, 0) is 9.47 Å². The molecule has 0 amide bonds. The summed E-state index contributed by atoms with van der Waals surface area (Å²) < 4.78 is 10.2. The van der Waals surface area contributed by atoms with Crippen LogP contribution < -0.4 is 0 Å². The van der Waals surface area contributed by atoms with Crippen molar-refractivity contribution in [1.82, 2.24) is 4.98 Å². The number of esters is 1. The Bertz CT molecular complexity index is 595. The quantitative estimate of drug-likeness (QED) is 0.792. The lowest BCUT2D eigenvalue weighted by Crippen LogP contribution is -2.17. The van der Waals surface area contributed by atoms with Gasteiger partial charge in [0.1, 0.15) is 6.61 Å². The van der Waals surface area contributed by atoms with Gasteiger partial charge in [-0.1, -0.05) is 6.07 Å². The average molecular weight is 259 g/mol. The van der Waals surface area contributed by atoms with E-state index in [4.69, 9.17) is 9.47 Å². The largest absolute Gasteiger partial charge is 0.459 e. The Balaban J connectivity index is 2.16. The molecule has 4 heteroatoms. The van der Waals surface area contributed by atoms with Crippen molar-refractivity contribution < 1.29 is 14.3 Å². The molecule has 100 valence electrons. The molecule has 0 N–H and O–H groups in total. The number of methoxy groups -OCH3 is 1. The maximum atomic E-state index is 11.9. The first-order chi connectivity index (χ1) is 9.10. The molecule has 1 aromatic carbocycles. The number of fused-ring (bicyclic) bond motifs is 1. The van der Waals surface area contributed by atoms with Crippen LogP contribution in [0.2, 0.25) is 0 Å². The second-order valence-corrected chi connectivity index (χ2v) is 4.50. The van der Waals surface area contributed by atoms with E-state index in [2.05, 4.69) is 4.98 Å². The van der Waals surface area contributed by atoms with Crippen molar-refractivity contribution in [2.24, 2.45) is 0 Å². The first-order valence-electron chi connectivity index (χ1n) is 6.17. The minimum Gasteiger partial charge on any atom is -0.459 e. The molecule has 0 saturated carbocycles. The fourth-order valence-corrected chi connectivity index (χ4v) is 1.70. The molecule has 1 heterocycles. The van der Waals surface area contributed by atoms with Gasteiger partial charge in [0.2, 0.25) is 0 Å². The molecule has 0 fully saturated rings. The molecule has 4 nitrogen and oxygen atoms in total. The van der Waals surface area contributed by atoms with Gasteiger partial charge in [-0.15, -0.1) is 0 Å². The normalized spacial score (nSPS) is 12.4. The van der Waals surface area contributed by atoms with E-state index in [0.717, 1.165) is 16.6 Å². The number of carbonyl (C=O) groups excluding carboxylic acids is 1. The summed E-state index contributed by atoms with van der Waals surface area (Å²) in [6.45, 7) is 4.04. The SMILES string of the molecule is CO[C@H](C)COC(=O)c1ccc2nc(C)ccc2c1. The summed E-state index contributed by atoms with van der Waals surface area (Å²) in [6, 6.07) is 9.23. The van der Waals surface area contributed by atoms with Crippen LogP contribution in [0.4, 0.5) is 0 Å². The number of rotatable bonds is 4. The summed E-state index contributed by atoms with van der Waals surface area (Å²) in [4.78, 5) is 16.3. The third kappa shape index (κ3) is 3.29. The minimum absolute atomic E-state index is 0.103. The van der Waals surface area contributed by atoms with Crippen LogP contribution in [0.15, 0.2) is 30.3 Å². The number of aryl methyl sites for hydroxylation is 1. The number of hydrogen-bond acceptors (Lipinski definition) is 4. The molecular weight excluding hydrogens is 242 g/mol. The zero-order valence-electron chi connectivity index (χ0n) is 11.3. The molecular formula is C15H17NO3. The molecule has 0 bridgehead atoms. The zero-order chi connectivity index (χ0) is 13.8. The molecule has 1 aromatic heterocycles. The smallest absolute Gasteiger partial charge is 0.338 e. The van der Waals surface area contributed by atoms with Crippen molar-refractivity contribution in [3.05, 3.63) is 41.6 Å². The minimum atomic E-state index is -0.341. The lowest BCUT2D eigenvalue weighted by molar-refractivity contribution is 0.0169. The number of nitrogens with zero attached hydrogens (tertiary/aromatic N) is 1. The third-order valence-electron chi connectivity index (χ3n) is 2.92. The second-order valence-electron chi connectivity index (χ2n) is 4.50. The van der Waals surface area contributed by atoms with Crippen LogP contribution in [0.5, 0.6) is 0 Å². The first kappa shape index (κ1) is 13.5. The third-order valence-corrected chi connectivity index (χ3v) is 2.92. The van der Waals surface area contributed by atoms with Gasteiger partial charge in [0.05, 0.1) is 17.2 Å². The first-order valence-corrected chi connectivity index (χ1v) is 6.17. The highest BCUT2D eigenvalue weighted by molar-refractivity contribution is 5.94. The van der Waals surface area contributed by atoms with Gasteiger partial charge < -0.3 is 9.47 Å². The van der Waals surface area contributed by atoms with Crippen LogP contribution >= 0.6 is 0 Å². The van der Waals surface area contributed by atoms with Gasteiger partial charge in [0.15, 0.2) is 0 Å². The van der Waals surface area contributed by atoms with E-state index < -0.39 is 0 Å². The fraction of sp³-hybridized carbons (Fsp3) is 0.333. The Morgan fingerprint density at radius 2 is 2.11 bits per heavy atom. The van der Waals surface area contributed by atoms with E-state index in [1.165, 1.54) is 0 Å². The molecule has 0 saturated heterocycles. The van der Waals surface area contributed by atoms with E-state index in [1.54, 1.807) is 19.2 Å². The van der Waals surface area contributed by atoms with Crippen molar-refractivity contribution >= 4 is 16.9 Å². The molecule has 0 spiro atoms. The van der Waals surface area contributed by atoms with Gasteiger partial charge in [-0.3, -0.25) is 4.98 Å². The highest BCUT2D eigenvalue weighted by Crippen LogP contribution is 2.15. The molecule has 0 aliphatic heterocycles. The number of ether oxygens (including phenoxy) is 2. The Morgan fingerprint density at radius 3 is 2.84 bits per heavy atom. The van der Waals surface area contributed by atoms with Gasteiger partial charge in [0, 0.05) is 18.2 Å². The number of benzene rings is 1. The van der Waals surface area contributed by atoms with Crippen molar-refractivity contribution in [3.8, 4) is 0 Å². The summed E-state index contributed by atoms with van der Waals surface area (Å²) in [7, 11) is 1.59. The molecule has 0 radical (unpaired) electrons. The summed E-state index contributed by atoms with van der Waals surface area (Å²) >= 11 is 0. The Kier molecular flexibility index (Phi) is 4.12. The number of hydrogen-bond donors (Lipinski definition) is 0. The van der Waals surface area contributed by atoms with E-state index in [1.807, 2.05) is 32.0 Å². The predicted octanol–water partition coefficient (Wildman–Crippen LogP) is 2.73. The average Bonchev–Trinajstić information content (AvgIpc) is 2.43. The van der Waals surface area contributed by atoms with Crippen LogP contribution in [0.25, 0.3) is 10.9 Å². The molecule has 0 unspecified atom stereocenters. The second kappa shape index (κ2) is 5.80.